The Morgan fingerprint density at radius 2 is 1.76 bits per heavy atom. The molecule has 0 radical (unpaired) electrons. The van der Waals surface area contributed by atoms with Crippen LogP contribution in [0.3, 0.4) is 0 Å². The van der Waals surface area contributed by atoms with E-state index >= 15 is 0 Å². The summed E-state index contributed by atoms with van der Waals surface area (Å²) in [7, 11) is 0. The van der Waals surface area contributed by atoms with Crippen LogP contribution >= 0.6 is 0 Å². The Kier molecular flexibility index (Phi) is 3.47. The molecule has 0 saturated carbocycles. The van der Waals surface area contributed by atoms with Gasteiger partial charge in [-0.2, -0.15) is 5.10 Å². The molecular formula is C16H13FN4. The Morgan fingerprint density at radius 1 is 1.05 bits per heavy atom. The number of halogens is 1. The zero-order chi connectivity index (χ0) is 14.7. The van der Waals surface area contributed by atoms with Crippen LogP contribution in [0.4, 0.5) is 10.3 Å². The average molecular weight is 280 g/mol. The van der Waals surface area contributed by atoms with Crippen LogP contribution in [0.25, 0.3) is 11.3 Å². The quantitative estimate of drug-likeness (QED) is 0.749. The predicted octanol–water partition coefficient (Wildman–Crippen LogP) is 3.15. The Morgan fingerprint density at radius 3 is 2.48 bits per heavy atom. The molecule has 3 rings (SSSR count). The number of nitrogens with zero attached hydrogens (tertiary/aromatic N) is 3. The van der Waals surface area contributed by atoms with Gasteiger partial charge in [0.05, 0.1) is 18.1 Å². The number of anilines is 1. The molecule has 2 N–H and O–H groups in total. The highest BCUT2D eigenvalue weighted by molar-refractivity contribution is 5.79. The van der Waals surface area contributed by atoms with E-state index in [-0.39, 0.29) is 11.8 Å². The second-order valence-electron chi connectivity index (χ2n) is 4.49. The molecule has 0 atom stereocenters. The number of benzene rings is 2. The van der Waals surface area contributed by atoms with Crippen LogP contribution in [0.15, 0.2) is 65.9 Å². The fraction of sp³-hybridized carbons (Fsp3) is 0. The van der Waals surface area contributed by atoms with Gasteiger partial charge in [0, 0.05) is 5.56 Å². The lowest BCUT2D eigenvalue weighted by Crippen LogP contribution is -1.96. The van der Waals surface area contributed by atoms with Crippen LogP contribution in [0.1, 0.15) is 5.56 Å². The number of rotatable bonds is 3. The predicted molar refractivity (Wildman–Crippen MR) is 81.5 cm³/mol. The topological polar surface area (TPSA) is 56.2 Å². The molecule has 1 aromatic heterocycles. The van der Waals surface area contributed by atoms with Gasteiger partial charge in [-0.15, -0.1) is 0 Å². The molecule has 0 aliphatic carbocycles. The molecule has 5 heteroatoms. The van der Waals surface area contributed by atoms with Crippen molar-refractivity contribution in [2.45, 2.75) is 0 Å². The molecule has 0 aliphatic heterocycles. The van der Waals surface area contributed by atoms with Gasteiger partial charge in [0.2, 0.25) is 5.95 Å². The van der Waals surface area contributed by atoms with E-state index in [0.717, 1.165) is 11.1 Å². The van der Waals surface area contributed by atoms with E-state index in [2.05, 4.69) is 10.1 Å². The largest absolute Gasteiger partial charge is 0.368 e. The lowest BCUT2D eigenvalue weighted by Gasteiger charge is -1.95. The molecule has 0 saturated heterocycles. The summed E-state index contributed by atoms with van der Waals surface area (Å²) in [5.41, 5.74) is 8.24. The second-order valence-corrected chi connectivity index (χ2v) is 4.49. The first-order valence-electron chi connectivity index (χ1n) is 6.42. The van der Waals surface area contributed by atoms with Crippen LogP contribution in [-0.2, 0) is 0 Å². The summed E-state index contributed by atoms with van der Waals surface area (Å²) < 4.78 is 14.4. The van der Waals surface area contributed by atoms with Crippen molar-refractivity contribution in [3.05, 3.63) is 72.2 Å². The van der Waals surface area contributed by atoms with Gasteiger partial charge in [-0.05, 0) is 29.8 Å². The van der Waals surface area contributed by atoms with Crippen molar-refractivity contribution in [1.82, 2.24) is 9.66 Å². The van der Waals surface area contributed by atoms with Gasteiger partial charge in [-0.25, -0.2) is 14.1 Å². The minimum absolute atomic E-state index is 0.279. The summed E-state index contributed by atoms with van der Waals surface area (Å²) in [6.45, 7) is 0. The molecule has 4 nitrogen and oxygen atoms in total. The van der Waals surface area contributed by atoms with Crippen molar-refractivity contribution in [2.24, 2.45) is 5.10 Å². The SMILES string of the molecule is Nc1nc(-c2ccc(F)cc2)cn1N=Cc1ccccc1. The number of nitrogen functional groups attached to an aromatic ring is 1. The van der Waals surface area contributed by atoms with Crippen LogP contribution in [-0.4, -0.2) is 15.9 Å². The highest BCUT2D eigenvalue weighted by Crippen LogP contribution is 2.20. The fourth-order valence-electron chi connectivity index (χ4n) is 1.91. The standard InChI is InChI=1S/C16H13FN4/c17-14-8-6-13(7-9-14)15-11-21(16(18)20-15)19-10-12-4-2-1-3-5-12/h1-11H,(H2,18,20). The first kappa shape index (κ1) is 13.1. The average Bonchev–Trinajstić information content (AvgIpc) is 2.88. The highest BCUT2D eigenvalue weighted by Gasteiger charge is 2.06. The zero-order valence-corrected chi connectivity index (χ0v) is 11.1. The van der Waals surface area contributed by atoms with E-state index in [0.29, 0.717) is 5.69 Å². The number of imidazole rings is 1. The van der Waals surface area contributed by atoms with Gasteiger partial charge in [-0.3, -0.25) is 0 Å². The Labute approximate surface area is 121 Å². The van der Waals surface area contributed by atoms with Gasteiger partial charge in [0.1, 0.15) is 5.82 Å². The monoisotopic (exact) mass is 280 g/mol. The summed E-state index contributed by atoms with van der Waals surface area (Å²) in [5, 5.41) is 4.27. The van der Waals surface area contributed by atoms with Gasteiger partial charge in [0.25, 0.3) is 0 Å². The number of hydrogen-bond donors (Lipinski definition) is 1. The number of hydrogen-bond acceptors (Lipinski definition) is 3. The normalized spacial score (nSPS) is 11.1. The van der Waals surface area contributed by atoms with Crippen molar-refractivity contribution < 1.29 is 4.39 Å². The smallest absolute Gasteiger partial charge is 0.221 e. The van der Waals surface area contributed by atoms with Crippen molar-refractivity contribution in [2.75, 3.05) is 5.73 Å². The third kappa shape index (κ3) is 2.97. The van der Waals surface area contributed by atoms with E-state index in [1.165, 1.54) is 16.8 Å². The van der Waals surface area contributed by atoms with Crippen LogP contribution < -0.4 is 5.73 Å². The number of nitrogens with two attached hydrogens (primary N) is 1. The molecule has 0 unspecified atom stereocenters. The van der Waals surface area contributed by atoms with E-state index in [1.807, 2.05) is 30.3 Å². The molecule has 2 aromatic carbocycles. The van der Waals surface area contributed by atoms with E-state index < -0.39 is 0 Å². The molecule has 0 aliphatic rings. The van der Waals surface area contributed by atoms with Crippen LogP contribution in [0.2, 0.25) is 0 Å². The molecule has 3 aromatic rings. The summed E-state index contributed by atoms with van der Waals surface area (Å²) in [5.74, 6) is -0.00485. The number of aromatic nitrogens is 2. The molecular weight excluding hydrogens is 267 g/mol. The first-order valence-corrected chi connectivity index (χ1v) is 6.42. The maximum absolute atomic E-state index is 12.9. The minimum Gasteiger partial charge on any atom is -0.368 e. The van der Waals surface area contributed by atoms with E-state index in [9.17, 15) is 4.39 Å². The van der Waals surface area contributed by atoms with Gasteiger partial charge >= 0.3 is 0 Å². The van der Waals surface area contributed by atoms with Gasteiger partial charge < -0.3 is 5.73 Å². The highest BCUT2D eigenvalue weighted by atomic mass is 19.1. The molecule has 104 valence electrons. The fourth-order valence-corrected chi connectivity index (χ4v) is 1.91. The third-order valence-corrected chi connectivity index (χ3v) is 2.99. The van der Waals surface area contributed by atoms with Crippen LogP contribution in [0, 0.1) is 5.82 Å². The van der Waals surface area contributed by atoms with E-state index in [4.69, 9.17) is 5.73 Å². The zero-order valence-electron chi connectivity index (χ0n) is 11.1. The summed E-state index contributed by atoms with van der Waals surface area (Å²) in [6.07, 6.45) is 3.41. The maximum Gasteiger partial charge on any atom is 0.221 e. The Balaban J connectivity index is 1.88. The molecule has 0 amide bonds. The van der Waals surface area contributed by atoms with Crippen LogP contribution in [0.5, 0.6) is 0 Å². The molecule has 0 spiro atoms. The Hall–Kier alpha value is -2.95. The Bertz CT molecular complexity index is 761. The minimum atomic E-state index is -0.284. The lowest BCUT2D eigenvalue weighted by atomic mass is 10.2. The molecule has 1 heterocycles. The van der Waals surface area contributed by atoms with Gasteiger partial charge in [0.15, 0.2) is 0 Å². The summed E-state index contributed by atoms with van der Waals surface area (Å²) in [6, 6.07) is 15.8. The first-order chi connectivity index (χ1) is 10.2. The van der Waals surface area contributed by atoms with Crippen molar-refractivity contribution in [3.8, 4) is 11.3 Å². The molecule has 0 fully saturated rings. The van der Waals surface area contributed by atoms with Gasteiger partial charge in [-0.1, -0.05) is 30.3 Å². The maximum atomic E-state index is 12.9. The summed E-state index contributed by atoms with van der Waals surface area (Å²) in [4.78, 5) is 4.23. The molecule has 0 bridgehead atoms. The van der Waals surface area contributed by atoms with Crippen molar-refractivity contribution >= 4 is 12.2 Å². The summed E-state index contributed by atoms with van der Waals surface area (Å²) >= 11 is 0. The second kappa shape index (κ2) is 5.58. The van der Waals surface area contributed by atoms with Crippen molar-refractivity contribution in [1.29, 1.82) is 0 Å². The van der Waals surface area contributed by atoms with E-state index in [1.54, 1.807) is 24.5 Å². The molecule has 21 heavy (non-hydrogen) atoms. The third-order valence-electron chi connectivity index (χ3n) is 2.99. The van der Waals surface area contributed by atoms with Crippen molar-refractivity contribution in [3.63, 3.8) is 0 Å². The lowest BCUT2D eigenvalue weighted by molar-refractivity contribution is 0.628.